The zero-order chi connectivity index (χ0) is 13.5. The monoisotopic (exact) mass is 260 g/mol. The lowest BCUT2D eigenvalue weighted by Gasteiger charge is -2.34. The van der Waals surface area contributed by atoms with Crippen molar-refractivity contribution in [3.63, 3.8) is 0 Å². The van der Waals surface area contributed by atoms with Gasteiger partial charge in [0.2, 0.25) is 0 Å². The van der Waals surface area contributed by atoms with Gasteiger partial charge in [-0.25, -0.2) is 0 Å². The molecule has 1 saturated heterocycles. The quantitative estimate of drug-likeness (QED) is 0.844. The van der Waals surface area contributed by atoms with E-state index in [-0.39, 0.29) is 0 Å². The third-order valence-electron chi connectivity index (χ3n) is 4.22. The number of benzene rings is 1. The lowest BCUT2D eigenvalue weighted by atomic mass is 9.97. The van der Waals surface area contributed by atoms with Crippen molar-refractivity contribution in [2.75, 3.05) is 26.2 Å². The van der Waals surface area contributed by atoms with Gasteiger partial charge < -0.3 is 10.2 Å². The van der Waals surface area contributed by atoms with Crippen molar-refractivity contribution in [1.29, 1.82) is 0 Å². The summed E-state index contributed by atoms with van der Waals surface area (Å²) in [6.07, 6.45) is 3.86. The highest BCUT2D eigenvalue weighted by molar-refractivity contribution is 5.18. The first-order valence-electron chi connectivity index (χ1n) is 7.80. The maximum atomic E-state index is 3.63. The Bertz CT molecular complexity index is 348. The van der Waals surface area contributed by atoms with E-state index in [1.165, 1.54) is 44.5 Å². The van der Waals surface area contributed by atoms with Crippen molar-refractivity contribution in [3.05, 3.63) is 35.9 Å². The summed E-state index contributed by atoms with van der Waals surface area (Å²) >= 11 is 0. The predicted octanol–water partition coefficient (Wildman–Crippen LogP) is 3.25. The summed E-state index contributed by atoms with van der Waals surface area (Å²) < 4.78 is 0. The van der Waals surface area contributed by atoms with Gasteiger partial charge in [-0.15, -0.1) is 0 Å². The van der Waals surface area contributed by atoms with Gasteiger partial charge in [-0.3, -0.25) is 0 Å². The Balaban J connectivity index is 1.75. The molecule has 1 heterocycles. The number of rotatable bonds is 6. The van der Waals surface area contributed by atoms with Crippen LogP contribution in [-0.4, -0.2) is 37.1 Å². The minimum absolute atomic E-state index is 0.667. The smallest absolute Gasteiger partial charge is 0.0195 e. The predicted molar refractivity (Wildman–Crippen MR) is 82.6 cm³/mol. The fourth-order valence-corrected chi connectivity index (χ4v) is 2.96. The molecule has 0 bridgehead atoms. The van der Waals surface area contributed by atoms with Crippen LogP contribution in [0.5, 0.6) is 0 Å². The molecule has 2 rings (SSSR count). The maximum absolute atomic E-state index is 3.63. The van der Waals surface area contributed by atoms with Crippen LogP contribution < -0.4 is 5.32 Å². The van der Waals surface area contributed by atoms with Gasteiger partial charge in [0.15, 0.2) is 0 Å². The summed E-state index contributed by atoms with van der Waals surface area (Å²) in [5.41, 5.74) is 1.47. The molecular weight excluding hydrogens is 232 g/mol. The summed E-state index contributed by atoms with van der Waals surface area (Å²) in [5.74, 6) is 0.667. The molecule has 1 aromatic rings. The largest absolute Gasteiger partial charge is 0.311 e. The van der Waals surface area contributed by atoms with Crippen molar-refractivity contribution in [1.82, 2.24) is 10.2 Å². The average molecular weight is 260 g/mol. The summed E-state index contributed by atoms with van der Waals surface area (Å²) in [6.45, 7) is 9.46. The summed E-state index contributed by atoms with van der Waals surface area (Å²) in [7, 11) is 0. The molecule has 106 valence electrons. The molecule has 0 spiro atoms. The van der Waals surface area contributed by atoms with Crippen molar-refractivity contribution < 1.29 is 0 Å². The van der Waals surface area contributed by atoms with E-state index >= 15 is 0 Å². The Morgan fingerprint density at radius 2 is 2.11 bits per heavy atom. The standard InChI is InChI=1S/C17H28N2/c1-3-7-17-14-19(13-11-18-17)12-10-15(2)16-8-5-4-6-9-16/h4-6,8-9,15,17-18H,3,7,10-14H2,1-2H3. The molecular formula is C17H28N2. The Labute approximate surface area is 118 Å². The van der Waals surface area contributed by atoms with Crippen LogP contribution in [0.25, 0.3) is 0 Å². The second kappa shape index (κ2) is 7.66. The van der Waals surface area contributed by atoms with Crippen LogP contribution in [-0.2, 0) is 0 Å². The first-order chi connectivity index (χ1) is 9.29. The van der Waals surface area contributed by atoms with E-state index in [2.05, 4.69) is 54.4 Å². The molecule has 2 unspecified atom stereocenters. The molecule has 2 heteroatoms. The van der Waals surface area contributed by atoms with Gasteiger partial charge in [0, 0.05) is 25.7 Å². The van der Waals surface area contributed by atoms with Crippen LogP contribution in [0.4, 0.5) is 0 Å². The molecule has 0 aliphatic carbocycles. The Morgan fingerprint density at radius 1 is 1.32 bits per heavy atom. The molecule has 0 radical (unpaired) electrons. The van der Waals surface area contributed by atoms with Gasteiger partial charge >= 0.3 is 0 Å². The highest BCUT2D eigenvalue weighted by Crippen LogP contribution is 2.19. The van der Waals surface area contributed by atoms with Gasteiger partial charge in [-0.2, -0.15) is 0 Å². The average Bonchev–Trinajstić information content (AvgIpc) is 2.46. The number of nitrogens with zero attached hydrogens (tertiary/aromatic N) is 1. The molecule has 1 aliphatic rings. The molecule has 0 amide bonds. The number of hydrogen-bond acceptors (Lipinski definition) is 2. The zero-order valence-corrected chi connectivity index (χ0v) is 12.4. The highest BCUT2D eigenvalue weighted by Gasteiger charge is 2.18. The Kier molecular flexibility index (Phi) is 5.87. The fourth-order valence-electron chi connectivity index (χ4n) is 2.96. The summed E-state index contributed by atoms with van der Waals surface area (Å²) in [6, 6.07) is 11.6. The molecule has 0 saturated carbocycles. The molecule has 2 atom stereocenters. The SMILES string of the molecule is CCCC1CN(CCC(C)c2ccccc2)CCN1. The molecule has 0 aromatic heterocycles. The van der Waals surface area contributed by atoms with Crippen molar-refractivity contribution >= 4 is 0 Å². The number of nitrogens with one attached hydrogen (secondary N) is 1. The van der Waals surface area contributed by atoms with E-state index < -0.39 is 0 Å². The minimum Gasteiger partial charge on any atom is -0.311 e. The topological polar surface area (TPSA) is 15.3 Å². The van der Waals surface area contributed by atoms with E-state index in [4.69, 9.17) is 0 Å². The second-order valence-corrected chi connectivity index (χ2v) is 5.84. The van der Waals surface area contributed by atoms with E-state index in [0.29, 0.717) is 12.0 Å². The van der Waals surface area contributed by atoms with E-state index in [0.717, 1.165) is 6.54 Å². The first kappa shape index (κ1) is 14.5. The lowest BCUT2D eigenvalue weighted by Crippen LogP contribution is -2.50. The second-order valence-electron chi connectivity index (χ2n) is 5.84. The maximum Gasteiger partial charge on any atom is 0.0195 e. The van der Waals surface area contributed by atoms with E-state index in [1.54, 1.807) is 0 Å². The van der Waals surface area contributed by atoms with Crippen LogP contribution in [0.1, 0.15) is 44.6 Å². The highest BCUT2D eigenvalue weighted by atomic mass is 15.2. The van der Waals surface area contributed by atoms with Gasteiger partial charge in [0.1, 0.15) is 0 Å². The Hall–Kier alpha value is -0.860. The van der Waals surface area contributed by atoms with Gasteiger partial charge in [-0.05, 0) is 30.9 Å². The minimum atomic E-state index is 0.667. The van der Waals surface area contributed by atoms with E-state index in [1.807, 2.05) is 0 Å². The lowest BCUT2D eigenvalue weighted by molar-refractivity contribution is 0.189. The molecule has 1 N–H and O–H groups in total. The van der Waals surface area contributed by atoms with Gasteiger partial charge in [0.05, 0.1) is 0 Å². The molecule has 19 heavy (non-hydrogen) atoms. The zero-order valence-electron chi connectivity index (χ0n) is 12.4. The third-order valence-corrected chi connectivity index (χ3v) is 4.22. The molecule has 1 fully saturated rings. The Morgan fingerprint density at radius 3 is 2.84 bits per heavy atom. The number of hydrogen-bond donors (Lipinski definition) is 1. The van der Waals surface area contributed by atoms with Crippen LogP contribution in [0.15, 0.2) is 30.3 Å². The van der Waals surface area contributed by atoms with Gasteiger partial charge in [0.25, 0.3) is 0 Å². The summed E-state index contributed by atoms with van der Waals surface area (Å²) in [5, 5.41) is 3.63. The number of piperazine rings is 1. The molecule has 2 nitrogen and oxygen atoms in total. The van der Waals surface area contributed by atoms with E-state index in [9.17, 15) is 0 Å². The fraction of sp³-hybridized carbons (Fsp3) is 0.647. The molecule has 1 aliphatic heterocycles. The van der Waals surface area contributed by atoms with Gasteiger partial charge in [-0.1, -0.05) is 50.6 Å². The van der Waals surface area contributed by atoms with Crippen LogP contribution >= 0.6 is 0 Å². The third kappa shape index (κ3) is 4.63. The molecule has 1 aromatic carbocycles. The van der Waals surface area contributed by atoms with Crippen LogP contribution in [0.2, 0.25) is 0 Å². The van der Waals surface area contributed by atoms with Crippen molar-refractivity contribution in [3.8, 4) is 0 Å². The van der Waals surface area contributed by atoms with Crippen molar-refractivity contribution in [2.45, 2.75) is 45.1 Å². The van der Waals surface area contributed by atoms with Crippen molar-refractivity contribution in [2.24, 2.45) is 0 Å². The van der Waals surface area contributed by atoms with Crippen LogP contribution in [0, 0.1) is 0 Å². The normalized spacial score (nSPS) is 22.3. The first-order valence-corrected chi connectivity index (χ1v) is 7.80. The van der Waals surface area contributed by atoms with Crippen LogP contribution in [0.3, 0.4) is 0 Å². The summed E-state index contributed by atoms with van der Waals surface area (Å²) in [4.78, 5) is 2.64.